The van der Waals surface area contributed by atoms with Crippen LogP contribution >= 0.6 is 0 Å². The molecule has 0 atom stereocenters. The summed E-state index contributed by atoms with van der Waals surface area (Å²) in [7, 11) is -3.88. The van der Waals surface area contributed by atoms with Crippen molar-refractivity contribution < 1.29 is 31.1 Å². The molecule has 202 valence electrons. The Morgan fingerprint density at radius 2 is 1.49 bits per heavy atom. The molecule has 0 saturated heterocycles. The summed E-state index contributed by atoms with van der Waals surface area (Å²) in [6, 6.07) is 24.8. The third-order valence-corrected chi connectivity index (χ3v) is 7.79. The van der Waals surface area contributed by atoms with E-state index in [4.69, 9.17) is 0 Å². The van der Waals surface area contributed by atoms with Gasteiger partial charge >= 0.3 is 6.36 Å². The number of hydrogen-bond donors (Lipinski definition) is 1. The van der Waals surface area contributed by atoms with Crippen LogP contribution in [-0.2, 0) is 16.6 Å². The lowest BCUT2D eigenvalue weighted by Gasteiger charge is -2.25. The predicted octanol–water partition coefficient (Wildman–Crippen LogP) is 6.85. The van der Waals surface area contributed by atoms with Crippen LogP contribution in [0.25, 0.3) is 0 Å². The Hall–Kier alpha value is -4.31. The van der Waals surface area contributed by atoms with Crippen molar-refractivity contribution >= 4 is 27.3 Å². The van der Waals surface area contributed by atoms with Gasteiger partial charge in [-0.05, 0) is 91.2 Å². The summed E-state index contributed by atoms with van der Waals surface area (Å²) in [4.78, 5) is 12.7. The van der Waals surface area contributed by atoms with Gasteiger partial charge in [0.05, 0.1) is 17.1 Å². The highest BCUT2D eigenvalue weighted by Crippen LogP contribution is 2.28. The van der Waals surface area contributed by atoms with E-state index in [2.05, 4.69) is 10.1 Å². The lowest BCUT2D eigenvalue weighted by atomic mass is 10.1. The number of aryl methyl sites for hydroxylation is 2. The van der Waals surface area contributed by atoms with Gasteiger partial charge in [-0.3, -0.25) is 9.10 Å². The van der Waals surface area contributed by atoms with Gasteiger partial charge in [0.2, 0.25) is 0 Å². The quantitative estimate of drug-likeness (QED) is 0.259. The van der Waals surface area contributed by atoms with Crippen LogP contribution in [0, 0.1) is 13.8 Å². The van der Waals surface area contributed by atoms with Crippen LogP contribution < -0.4 is 14.4 Å². The summed E-state index contributed by atoms with van der Waals surface area (Å²) in [6.45, 7) is 3.92. The van der Waals surface area contributed by atoms with Crippen LogP contribution in [0.3, 0.4) is 0 Å². The summed E-state index contributed by atoms with van der Waals surface area (Å²) in [5.74, 6) is -0.952. The number of amides is 1. The molecule has 0 aliphatic carbocycles. The van der Waals surface area contributed by atoms with Crippen LogP contribution in [0.1, 0.15) is 27.0 Å². The fraction of sp³-hybridized carbons (Fsp3) is 0.138. The monoisotopic (exact) mass is 554 g/mol. The first-order chi connectivity index (χ1) is 18.4. The summed E-state index contributed by atoms with van der Waals surface area (Å²) in [5, 5.41) is 2.67. The van der Waals surface area contributed by atoms with E-state index in [-0.39, 0.29) is 17.0 Å². The molecule has 4 rings (SSSR count). The SMILES string of the molecule is Cc1ccc(N(Cc2ccc(NC(=O)c3ccc(OC(F)(F)F)cc3)cc2)S(=O)(=O)c2ccccc2)cc1C. The Morgan fingerprint density at radius 1 is 0.846 bits per heavy atom. The lowest BCUT2D eigenvalue weighted by Crippen LogP contribution is -2.30. The number of alkyl halides is 3. The predicted molar refractivity (Wildman–Crippen MR) is 143 cm³/mol. The number of ether oxygens (including phenoxy) is 1. The average molecular weight is 555 g/mol. The smallest absolute Gasteiger partial charge is 0.406 e. The molecule has 0 radical (unpaired) electrons. The Kier molecular flexibility index (Phi) is 7.96. The third kappa shape index (κ3) is 6.97. The van der Waals surface area contributed by atoms with Gasteiger partial charge in [-0.25, -0.2) is 8.42 Å². The molecule has 0 aliphatic rings. The van der Waals surface area contributed by atoms with Gasteiger partial charge in [-0.2, -0.15) is 0 Å². The first-order valence-corrected chi connectivity index (χ1v) is 13.3. The normalized spacial score (nSPS) is 11.6. The van der Waals surface area contributed by atoms with E-state index in [0.29, 0.717) is 16.9 Å². The first kappa shape index (κ1) is 27.7. The molecular weight excluding hydrogens is 529 g/mol. The molecule has 0 fully saturated rings. The van der Waals surface area contributed by atoms with Crippen molar-refractivity contribution in [2.75, 3.05) is 9.62 Å². The van der Waals surface area contributed by atoms with E-state index >= 15 is 0 Å². The lowest BCUT2D eigenvalue weighted by molar-refractivity contribution is -0.274. The summed E-state index contributed by atoms with van der Waals surface area (Å²) < 4.78 is 69.4. The van der Waals surface area contributed by atoms with E-state index in [0.717, 1.165) is 23.3 Å². The Bertz CT molecular complexity index is 1560. The molecule has 0 heterocycles. The molecule has 0 bridgehead atoms. The molecule has 6 nitrogen and oxygen atoms in total. The maximum Gasteiger partial charge on any atom is 0.573 e. The molecule has 10 heteroatoms. The van der Waals surface area contributed by atoms with Crippen molar-refractivity contribution in [3.05, 3.63) is 119 Å². The van der Waals surface area contributed by atoms with E-state index in [1.807, 2.05) is 26.0 Å². The molecular formula is C29H25F3N2O4S. The topological polar surface area (TPSA) is 75.7 Å². The van der Waals surface area contributed by atoms with Gasteiger partial charge < -0.3 is 10.1 Å². The highest BCUT2D eigenvalue weighted by Gasteiger charge is 2.31. The molecule has 0 saturated carbocycles. The molecule has 0 aliphatic heterocycles. The van der Waals surface area contributed by atoms with Crippen LogP contribution in [0.15, 0.2) is 102 Å². The number of nitrogens with zero attached hydrogens (tertiary/aromatic N) is 1. The number of anilines is 2. The minimum absolute atomic E-state index is 0.0502. The largest absolute Gasteiger partial charge is 0.573 e. The van der Waals surface area contributed by atoms with Crippen molar-refractivity contribution in [3.63, 3.8) is 0 Å². The second-order valence-electron chi connectivity index (χ2n) is 8.82. The minimum Gasteiger partial charge on any atom is -0.406 e. The van der Waals surface area contributed by atoms with Gasteiger partial charge in [0, 0.05) is 11.3 Å². The van der Waals surface area contributed by atoms with Gasteiger partial charge in [0.15, 0.2) is 0 Å². The number of hydrogen-bond acceptors (Lipinski definition) is 4. The molecule has 0 unspecified atom stereocenters. The van der Waals surface area contributed by atoms with Crippen molar-refractivity contribution in [1.82, 2.24) is 0 Å². The summed E-state index contributed by atoms with van der Waals surface area (Å²) in [6.07, 6.45) is -4.82. The average Bonchev–Trinajstić information content (AvgIpc) is 2.90. The molecule has 4 aromatic carbocycles. The van der Waals surface area contributed by atoms with Crippen LogP contribution in [0.2, 0.25) is 0 Å². The zero-order valence-electron chi connectivity index (χ0n) is 21.1. The Balaban J connectivity index is 1.53. The van der Waals surface area contributed by atoms with E-state index in [1.54, 1.807) is 60.7 Å². The van der Waals surface area contributed by atoms with Crippen molar-refractivity contribution in [3.8, 4) is 5.75 Å². The fourth-order valence-electron chi connectivity index (χ4n) is 3.79. The highest BCUT2D eigenvalue weighted by molar-refractivity contribution is 7.92. The van der Waals surface area contributed by atoms with Gasteiger partial charge in [-0.1, -0.05) is 36.4 Å². The maximum absolute atomic E-state index is 13.6. The summed E-state index contributed by atoms with van der Waals surface area (Å²) >= 11 is 0. The molecule has 1 N–H and O–H groups in total. The van der Waals surface area contributed by atoms with Crippen LogP contribution in [-0.4, -0.2) is 20.7 Å². The molecule has 4 aromatic rings. The molecule has 39 heavy (non-hydrogen) atoms. The standard InChI is InChI=1S/C29H25F3N2O4S/c1-20-8-15-25(18-21(20)2)34(39(36,37)27-6-4-3-5-7-27)19-22-9-13-24(14-10-22)33-28(35)23-11-16-26(17-12-23)38-29(30,31)32/h3-18H,19H2,1-2H3,(H,33,35). The Labute approximate surface area is 224 Å². The Morgan fingerprint density at radius 3 is 2.08 bits per heavy atom. The van der Waals surface area contributed by atoms with E-state index < -0.39 is 28.0 Å². The van der Waals surface area contributed by atoms with E-state index in [9.17, 15) is 26.4 Å². The van der Waals surface area contributed by atoms with Gasteiger partial charge in [0.1, 0.15) is 5.75 Å². The van der Waals surface area contributed by atoms with Crippen LogP contribution in [0.4, 0.5) is 24.5 Å². The minimum atomic E-state index is -4.82. The van der Waals surface area contributed by atoms with Crippen LogP contribution in [0.5, 0.6) is 5.75 Å². The number of nitrogens with one attached hydrogen (secondary N) is 1. The second kappa shape index (κ2) is 11.2. The van der Waals surface area contributed by atoms with Crippen molar-refractivity contribution in [2.45, 2.75) is 31.7 Å². The highest BCUT2D eigenvalue weighted by atomic mass is 32.2. The number of rotatable bonds is 8. The number of carbonyl (C=O) groups excluding carboxylic acids is 1. The van der Waals surface area contributed by atoms with Crippen molar-refractivity contribution in [1.29, 1.82) is 0 Å². The number of halogens is 3. The fourth-order valence-corrected chi connectivity index (χ4v) is 5.25. The number of carbonyl (C=O) groups is 1. The number of sulfonamides is 1. The van der Waals surface area contributed by atoms with Gasteiger partial charge in [0.25, 0.3) is 15.9 Å². The third-order valence-electron chi connectivity index (χ3n) is 6.00. The zero-order chi connectivity index (χ0) is 28.2. The van der Waals surface area contributed by atoms with Crippen molar-refractivity contribution in [2.24, 2.45) is 0 Å². The second-order valence-corrected chi connectivity index (χ2v) is 10.7. The molecule has 1 amide bonds. The zero-order valence-corrected chi connectivity index (χ0v) is 21.9. The molecule has 0 spiro atoms. The molecule has 0 aromatic heterocycles. The number of benzene rings is 4. The first-order valence-electron chi connectivity index (χ1n) is 11.8. The summed E-state index contributed by atoms with van der Waals surface area (Å²) in [5.41, 5.74) is 3.78. The van der Waals surface area contributed by atoms with Gasteiger partial charge in [-0.15, -0.1) is 13.2 Å². The maximum atomic E-state index is 13.6. The van der Waals surface area contributed by atoms with E-state index in [1.165, 1.54) is 16.4 Å².